The van der Waals surface area contributed by atoms with Crippen molar-refractivity contribution in [2.75, 3.05) is 6.54 Å². The van der Waals surface area contributed by atoms with E-state index in [4.69, 9.17) is 11.6 Å². The molecule has 1 aromatic heterocycles. The van der Waals surface area contributed by atoms with E-state index < -0.39 is 17.7 Å². The number of hydrogen-bond donors (Lipinski definition) is 2. The molecule has 4 aromatic rings. The number of likely N-dealkylation sites (tertiary alicyclic amines) is 1. The summed E-state index contributed by atoms with van der Waals surface area (Å²) >= 11 is 6.01. The second kappa shape index (κ2) is 9.43. The second-order valence-electron chi connectivity index (χ2n) is 8.70. The molecule has 5 nitrogen and oxygen atoms in total. The number of aryl methyl sites for hydroxylation is 1. The number of nitrogens with one attached hydrogen (secondary N) is 1. The summed E-state index contributed by atoms with van der Waals surface area (Å²) in [4.78, 5) is 31.3. The number of aromatic nitrogens is 1. The third-order valence-corrected chi connectivity index (χ3v) is 6.91. The normalized spacial score (nSPS) is 17.4. The van der Waals surface area contributed by atoms with Gasteiger partial charge in [0.1, 0.15) is 5.76 Å². The van der Waals surface area contributed by atoms with Crippen LogP contribution in [-0.2, 0) is 22.4 Å². The third-order valence-electron chi connectivity index (χ3n) is 6.66. The van der Waals surface area contributed by atoms with Crippen molar-refractivity contribution in [1.82, 2.24) is 9.88 Å². The molecule has 3 aromatic carbocycles. The molecular formula is C29H25ClN2O3. The van der Waals surface area contributed by atoms with Gasteiger partial charge in [0.15, 0.2) is 0 Å². The van der Waals surface area contributed by atoms with Crippen LogP contribution in [0.2, 0.25) is 5.02 Å². The highest BCUT2D eigenvalue weighted by Crippen LogP contribution is 2.39. The van der Waals surface area contributed by atoms with E-state index in [1.807, 2.05) is 54.7 Å². The molecule has 0 bridgehead atoms. The molecule has 0 radical (unpaired) electrons. The van der Waals surface area contributed by atoms with Crippen LogP contribution in [0.15, 0.2) is 84.6 Å². The van der Waals surface area contributed by atoms with E-state index in [0.717, 1.165) is 34.0 Å². The van der Waals surface area contributed by atoms with E-state index in [1.54, 1.807) is 29.2 Å². The van der Waals surface area contributed by atoms with Gasteiger partial charge in [-0.15, -0.1) is 0 Å². The highest BCUT2D eigenvalue weighted by molar-refractivity contribution is 6.46. The van der Waals surface area contributed by atoms with Crippen molar-refractivity contribution in [3.05, 3.63) is 112 Å². The highest BCUT2D eigenvalue weighted by atomic mass is 35.5. The first-order chi connectivity index (χ1) is 17.0. The number of fused-ring (bicyclic) bond motifs is 1. The molecule has 2 N–H and O–H groups in total. The SMILES string of the molecule is CCc1ccc([C@H]2C(=C(O)c3ccc(Cl)cc3)C(=O)C(=O)N2CCc2c[nH]c3ccccc23)cc1. The van der Waals surface area contributed by atoms with Crippen molar-refractivity contribution in [3.8, 4) is 0 Å². The van der Waals surface area contributed by atoms with Crippen molar-refractivity contribution in [1.29, 1.82) is 0 Å². The van der Waals surface area contributed by atoms with Crippen LogP contribution >= 0.6 is 11.6 Å². The fourth-order valence-electron chi connectivity index (χ4n) is 4.74. The van der Waals surface area contributed by atoms with Gasteiger partial charge in [-0.25, -0.2) is 0 Å². The Morgan fingerprint density at radius 2 is 1.71 bits per heavy atom. The summed E-state index contributed by atoms with van der Waals surface area (Å²) in [5, 5.41) is 12.8. The first-order valence-electron chi connectivity index (χ1n) is 11.7. The molecule has 0 aliphatic carbocycles. The van der Waals surface area contributed by atoms with Crippen LogP contribution < -0.4 is 0 Å². The molecule has 1 aliphatic heterocycles. The molecule has 1 atom stereocenters. The standard InChI is InChI=1S/C29H25ClN2O3/c1-2-18-7-9-19(10-8-18)26-25(27(33)20-11-13-22(30)14-12-20)28(34)29(35)32(26)16-15-21-17-31-24-6-4-3-5-23(21)24/h3-14,17,26,31,33H,2,15-16H2,1H3/t26-/m0/s1. The lowest BCUT2D eigenvalue weighted by Gasteiger charge is -2.25. The van der Waals surface area contributed by atoms with E-state index in [9.17, 15) is 14.7 Å². The Bertz CT molecular complexity index is 1440. The molecule has 1 aliphatic rings. The largest absolute Gasteiger partial charge is 0.507 e. The van der Waals surface area contributed by atoms with Crippen LogP contribution in [-0.4, -0.2) is 33.2 Å². The molecule has 1 fully saturated rings. The fraction of sp³-hybridized carbons (Fsp3) is 0.172. The molecule has 5 rings (SSSR count). The zero-order chi connectivity index (χ0) is 24.5. The minimum atomic E-state index is -0.680. The van der Waals surface area contributed by atoms with Gasteiger partial charge in [0.2, 0.25) is 0 Å². The third kappa shape index (κ3) is 4.24. The number of carbonyl (C=O) groups excluding carboxylic acids is 2. The molecule has 176 valence electrons. The van der Waals surface area contributed by atoms with Gasteiger partial charge in [0.05, 0.1) is 11.6 Å². The van der Waals surface area contributed by atoms with Crippen molar-refractivity contribution >= 4 is 40.0 Å². The van der Waals surface area contributed by atoms with Crippen molar-refractivity contribution in [2.45, 2.75) is 25.8 Å². The van der Waals surface area contributed by atoms with Crippen molar-refractivity contribution in [2.24, 2.45) is 0 Å². The number of para-hydroxylation sites is 1. The average Bonchev–Trinajstić information content (AvgIpc) is 3.41. The summed E-state index contributed by atoms with van der Waals surface area (Å²) in [6, 6.07) is 21.8. The summed E-state index contributed by atoms with van der Waals surface area (Å²) in [5.41, 5.74) is 4.58. The Balaban J connectivity index is 1.56. The van der Waals surface area contributed by atoms with Crippen LogP contribution in [0.1, 0.15) is 35.2 Å². The smallest absolute Gasteiger partial charge is 0.295 e. The van der Waals surface area contributed by atoms with E-state index in [1.165, 1.54) is 0 Å². The number of carbonyl (C=O) groups is 2. The van der Waals surface area contributed by atoms with Gasteiger partial charge < -0.3 is 15.0 Å². The lowest BCUT2D eigenvalue weighted by Crippen LogP contribution is -2.31. The highest BCUT2D eigenvalue weighted by Gasteiger charge is 2.45. The Morgan fingerprint density at radius 3 is 2.43 bits per heavy atom. The molecule has 0 unspecified atom stereocenters. The lowest BCUT2D eigenvalue weighted by atomic mass is 9.94. The number of hydrogen-bond acceptors (Lipinski definition) is 3. The molecular weight excluding hydrogens is 460 g/mol. The number of nitrogens with zero attached hydrogens (tertiary/aromatic N) is 1. The average molecular weight is 485 g/mol. The number of Topliss-reactive ketones (excluding diaryl/α,β-unsaturated/α-hetero) is 1. The first kappa shape index (κ1) is 22.9. The van der Waals surface area contributed by atoms with E-state index in [0.29, 0.717) is 23.6 Å². The number of aliphatic hydroxyl groups excluding tert-OH is 1. The van der Waals surface area contributed by atoms with Gasteiger partial charge in [-0.05, 0) is 59.9 Å². The van der Waals surface area contributed by atoms with Gasteiger partial charge in [0, 0.05) is 34.2 Å². The minimum absolute atomic E-state index is 0.0977. The minimum Gasteiger partial charge on any atom is -0.507 e. The zero-order valence-electron chi connectivity index (χ0n) is 19.3. The zero-order valence-corrected chi connectivity index (χ0v) is 20.0. The Kier molecular flexibility index (Phi) is 6.18. The van der Waals surface area contributed by atoms with Crippen LogP contribution in [0.4, 0.5) is 0 Å². The predicted octanol–water partition coefficient (Wildman–Crippen LogP) is 6.05. The molecule has 0 spiro atoms. The van der Waals surface area contributed by atoms with E-state index in [-0.39, 0.29) is 11.3 Å². The Morgan fingerprint density at radius 1 is 1.00 bits per heavy atom. The van der Waals surface area contributed by atoms with Crippen LogP contribution in [0.5, 0.6) is 0 Å². The maximum Gasteiger partial charge on any atom is 0.295 e. The predicted molar refractivity (Wildman–Crippen MR) is 138 cm³/mol. The second-order valence-corrected chi connectivity index (χ2v) is 9.14. The topological polar surface area (TPSA) is 73.4 Å². The molecule has 1 saturated heterocycles. The molecule has 1 amide bonds. The molecule has 35 heavy (non-hydrogen) atoms. The van der Waals surface area contributed by atoms with E-state index >= 15 is 0 Å². The number of H-pyrrole nitrogens is 1. The van der Waals surface area contributed by atoms with E-state index in [2.05, 4.69) is 11.9 Å². The van der Waals surface area contributed by atoms with Gasteiger partial charge >= 0.3 is 0 Å². The summed E-state index contributed by atoms with van der Waals surface area (Å²) in [5.74, 6) is -1.48. The number of benzene rings is 3. The number of amides is 1. The first-order valence-corrected chi connectivity index (χ1v) is 12.0. The van der Waals surface area contributed by atoms with Gasteiger partial charge in [0.25, 0.3) is 11.7 Å². The lowest BCUT2D eigenvalue weighted by molar-refractivity contribution is -0.139. The summed E-state index contributed by atoms with van der Waals surface area (Å²) in [6.07, 6.45) is 3.40. The molecule has 0 saturated carbocycles. The number of halogens is 1. The fourth-order valence-corrected chi connectivity index (χ4v) is 4.86. The van der Waals surface area contributed by atoms with Gasteiger partial charge in [-0.2, -0.15) is 0 Å². The van der Waals surface area contributed by atoms with Crippen LogP contribution in [0.3, 0.4) is 0 Å². The van der Waals surface area contributed by atoms with Gasteiger partial charge in [-0.3, -0.25) is 9.59 Å². The summed E-state index contributed by atoms with van der Waals surface area (Å²) in [6.45, 7) is 2.41. The molecule has 6 heteroatoms. The summed E-state index contributed by atoms with van der Waals surface area (Å²) in [7, 11) is 0. The molecule has 2 heterocycles. The Hall–Kier alpha value is -3.83. The Labute approximate surface area is 208 Å². The van der Waals surface area contributed by atoms with Crippen molar-refractivity contribution < 1.29 is 14.7 Å². The van der Waals surface area contributed by atoms with Crippen LogP contribution in [0.25, 0.3) is 16.7 Å². The maximum atomic E-state index is 13.2. The van der Waals surface area contributed by atoms with Crippen molar-refractivity contribution in [3.63, 3.8) is 0 Å². The monoisotopic (exact) mass is 484 g/mol. The number of aliphatic hydroxyl groups is 1. The number of aromatic amines is 1. The number of rotatable bonds is 6. The number of ketones is 1. The van der Waals surface area contributed by atoms with Crippen LogP contribution in [0, 0.1) is 0 Å². The summed E-state index contributed by atoms with van der Waals surface area (Å²) < 4.78 is 0. The van der Waals surface area contributed by atoms with Gasteiger partial charge in [-0.1, -0.05) is 61.0 Å². The maximum absolute atomic E-state index is 13.2. The quantitative estimate of drug-likeness (QED) is 0.199.